The lowest BCUT2D eigenvalue weighted by Crippen LogP contribution is -2.41. The highest BCUT2D eigenvalue weighted by Gasteiger charge is 2.30. The van der Waals surface area contributed by atoms with E-state index < -0.39 is 23.6 Å². The standard InChI is InChI=1S/C15H10BrF3N2O2/c16-12-6-4-9(5-7-12)13(22)20-21-14(23)10-2-1-3-11(8-10)15(17,18)19/h1-8H,(H,20,22)(H,21,23). The summed E-state index contributed by atoms with van der Waals surface area (Å²) in [5.74, 6) is -1.43. The number of hydrazine groups is 1. The van der Waals surface area contributed by atoms with E-state index in [0.29, 0.717) is 6.07 Å². The van der Waals surface area contributed by atoms with Crippen LogP contribution in [0.3, 0.4) is 0 Å². The number of alkyl halides is 3. The molecule has 0 saturated carbocycles. The van der Waals surface area contributed by atoms with Gasteiger partial charge in [0.25, 0.3) is 11.8 Å². The molecule has 0 aliphatic carbocycles. The maximum atomic E-state index is 12.6. The van der Waals surface area contributed by atoms with Crippen molar-refractivity contribution in [2.24, 2.45) is 0 Å². The summed E-state index contributed by atoms with van der Waals surface area (Å²) in [5.41, 5.74) is 3.35. The third kappa shape index (κ3) is 4.56. The average Bonchev–Trinajstić information content (AvgIpc) is 2.52. The lowest BCUT2D eigenvalue weighted by molar-refractivity contribution is -0.137. The van der Waals surface area contributed by atoms with Crippen LogP contribution in [0.2, 0.25) is 0 Å². The lowest BCUT2D eigenvalue weighted by Gasteiger charge is -2.10. The maximum Gasteiger partial charge on any atom is 0.416 e. The third-order valence-electron chi connectivity index (χ3n) is 2.85. The zero-order valence-corrected chi connectivity index (χ0v) is 13.0. The first-order valence-electron chi connectivity index (χ1n) is 6.31. The summed E-state index contributed by atoms with van der Waals surface area (Å²) < 4.78 is 38.6. The summed E-state index contributed by atoms with van der Waals surface area (Å²) in [6, 6.07) is 10.2. The Labute approximate surface area is 137 Å². The molecule has 2 rings (SSSR count). The van der Waals surface area contributed by atoms with Crippen molar-refractivity contribution < 1.29 is 22.8 Å². The summed E-state index contributed by atoms with van der Waals surface area (Å²) in [6.07, 6.45) is -4.54. The van der Waals surface area contributed by atoms with Crippen molar-refractivity contribution in [3.63, 3.8) is 0 Å². The second-order valence-electron chi connectivity index (χ2n) is 4.49. The Morgan fingerprint density at radius 3 is 2.00 bits per heavy atom. The molecule has 0 heterocycles. The van der Waals surface area contributed by atoms with Gasteiger partial charge < -0.3 is 0 Å². The van der Waals surface area contributed by atoms with Gasteiger partial charge in [0, 0.05) is 15.6 Å². The van der Waals surface area contributed by atoms with E-state index in [4.69, 9.17) is 0 Å². The minimum atomic E-state index is -4.54. The van der Waals surface area contributed by atoms with Crippen LogP contribution in [0, 0.1) is 0 Å². The fraction of sp³-hybridized carbons (Fsp3) is 0.0667. The molecule has 4 nitrogen and oxygen atoms in total. The number of carbonyl (C=O) groups excluding carboxylic acids is 2. The van der Waals surface area contributed by atoms with Gasteiger partial charge in [-0.2, -0.15) is 13.2 Å². The molecule has 0 fully saturated rings. The Bertz CT molecular complexity index is 730. The van der Waals surface area contributed by atoms with Crippen LogP contribution >= 0.6 is 15.9 Å². The largest absolute Gasteiger partial charge is 0.416 e. The van der Waals surface area contributed by atoms with E-state index in [9.17, 15) is 22.8 Å². The van der Waals surface area contributed by atoms with Crippen molar-refractivity contribution in [1.29, 1.82) is 0 Å². The van der Waals surface area contributed by atoms with Crippen molar-refractivity contribution in [3.05, 3.63) is 69.7 Å². The van der Waals surface area contributed by atoms with E-state index in [-0.39, 0.29) is 11.1 Å². The highest BCUT2D eigenvalue weighted by atomic mass is 79.9. The molecular formula is C15H10BrF3N2O2. The molecule has 0 aliphatic heterocycles. The van der Waals surface area contributed by atoms with Gasteiger partial charge >= 0.3 is 6.18 Å². The topological polar surface area (TPSA) is 58.2 Å². The molecule has 0 aromatic heterocycles. The molecule has 8 heteroatoms. The number of amides is 2. The predicted octanol–water partition coefficient (Wildman–Crippen LogP) is 3.54. The maximum absolute atomic E-state index is 12.6. The van der Waals surface area contributed by atoms with Crippen LogP contribution in [0.5, 0.6) is 0 Å². The molecule has 23 heavy (non-hydrogen) atoms. The molecule has 2 amide bonds. The zero-order chi connectivity index (χ0) is 17.0. The molecule has 0 spiro atoms. The molecule has 0 aliphatic rings. The molecule has 0 radical (unpaired) electrons. The van der Waals surface area contributed by atoms with E-state index in [1.807, 2.05) is 0 Å². The number of rotatable bonds is 2. The molecule has 120 valence electrons. The van der Waals surface area contributed by atoms with E-state index in [2.05, 4.69) is 26.8 Å². The summed E-state index contributed by atoms with van der Waals surface area (Å²) in [6.45, 7) is 0. The van der Waals surface area contributed by atoms with Gasteiger partial charge in [-0.1, -0.05) is 22.0 Å². The van der Waals surface area contributed by atoms with Crippen molar-refractivity contribution in [3.8, 4) is 0 Å². The molecule has 2 N–H and O–H groups in total. The van der Waals surface area contributed by atoms with Crippen LogP contribution in [-0.2, 0) is 6.18 Å². The second kappa shape index (κ2) is 6.82. The van der Waals surface area contributed by atoms with Gasteiger partial charge in [-0.25, -0.2) is 0 Å². The van der Waals surface area contributed by atoms with E-state index in [1.54, 1.807) is 12.1 Å². The van der Waals surface area contributed by atoms with Gasteiger partial charge in [0.15, 0.2) is 0 Å². The first-order valence-corrected chi connectivity index (χ1v) is 7.10. The summed E-state index contributed by atoms with van der Waals surface area (Å²) in [5, 5.41) is 0. The van der Waals surface area contributed by atoms with Crippen LogP contribution in [0.1, 0.15) is 26.3 Å². The molecule has 2 aromatic carbocycles. The Hall–Kier alpha value is -2.35. The van der Waals surface area contributed by atoms with E-state index >= 15 is 0 Å². The average molecular weight is 387 g/mol. The Kier molecular flexibility index (Phi) is 5.05. The molecular weight excluding hydrogens is 377 g/mol. The van der Waals surface area contributed by atoms with Crippen molar-refractivity contribution in [2.75, 3.05) is 0 Å². The minimum Gasteiger partial charge on any atom is -0.267 e. The van der Waals surface area contributed by atoms with Crippen LogP contribution < -0.4 is 10.9 Å². The Balaban J connectivity index is 2.02. The van der Waals surface area contributed by atoms with Crippen molar-refractivity contribution in [2.45, 2.75) is 6.18 Å². The number of hydrogen-bond acceptors (Lipinski definition) is 2. The second-order valence-corrected chi connectivity index (χ2v) is 5.41. The highest BCUT2D eigenvalue weighted by Crippen LogP contribution is 2.29. The van der Waals surface area contributed by atoms with Gasteiger partial charge in [0.1, 0.15) is 0 Å². The van der Waals surface area contributed by atoms with Crippen LogP contribution in [0.4, 0.5) is 13.2 Å². The van der Waals surface area contributed by atoms with Crippen LogP contribution in [0.25, 0.3) is 0 Å². The quantitative estimate of drug-likeness (QED) is 0.775. The fourth-order valence-electron chi connectivity index (χ4n) is 1.70. The van der Waals surface area contributed by atoms with Gasteiger partial charge in [-0.15, -0.1) is 0 Å². The van der Waals surface area contributed by atoms with Crippen molar-refractivity contribution in [1.82, 2.24) is 10.9 Å². The number of hydrogen-bond donors (Lipinski definition) is 2. The number of benzene rings is 2. The molecule has 0 saturated heterocycles. The summed E-state index contributed by atoms with van der Waals surface area (Å²) in [4.78, 5) is 23.6. The smallest absolute Gasteiger partial charge is 0.267 e. The monoisotopic (exact) mass is 386 g/mol. The van der Waals surface area contributed by atoms with Gasteiger partial charge in [0.05, 0.1) is 5.56 Å². The van der Waals surface area contributed by atoms with Gasteiger partial charge in [-0.3, -0.25) is 20.4 Å². The first kappa shape index (κ1) is 17.0. The summed E-state index contributed by atoms with van der Waals surface area (Å²) >= 11 is 3.22. The Morgan fingerprint density at radius 2 is 1.43 bits per heavy atom. The van der Waals surface area contributed by atoms with Crippen LogP contribution in [0.15, 0.2) is 53.0 Å². The first-order chi connectivity index (χ1) is 10.8. The van der Waals surface area contributed by atoms with Gasteiger partial charge in [-0.05, 0) is 42.5 Å². The number of carbonyl (C=O) groups is 2. The SMILES string of the molecule is O=C(NNC(=O)c1cccc(C(F)(F)F)c1)c1ccc(Br)cc1. The molecule has 0 unspecified atom stereocenters. The zero-order valence-electron chi connectivity index (χ0n) is 11.4. The number of nitrogens with one attached hydrogen (secondary N) is 2. The third-order valence-corrected chi connectivity index (χ3v) is 3.38. The lowest BCUT2D eigenvalue weighted by atomic mass is 10.1. The van der Waals surface area contributed by atoms with E-state index in [1.165, 1.54) is 18.2 Å². The van der Waals surface area contributed by atoms with Gasteiger partial charge in [0.2, 0.25) is 0 Å². The fourth-order valence-corrected chi connectivity index (χ4v) is 1.96. The predicted molar refractivity (Wildman–Crippen MR) is 80.5 cm³/mol. The molecule has 0 atom stereocenters. The van der Waals surface area contributed by atoms with E-state index in [0.717, 1.165) is 16.6 Å². The summed E-state index contributed by atoms with van der Waals surface area (Å²) in [7, 11) is 0. The minimum absolute atomic E-state index is 0.212. The molecule has 0 bridgehead atoms. The highest BCUT2D eigenvalue weighted by molar-refractivity contribution is 9.10. The normalized spacial score (nSPS) is 11.0. The Morgan fingerprint density at radius 1 is 0.870 bits per heavy atom. The van der Waals surface area contributed by atoms with Crippen molar-refractivity contribution >= 4 is 27.7 Å². The molecule has 2 aromatic rings. The number of halogens is 4. The van der Waals surface area contributed by atoms with Crippen LogP contribution in [-0.4, -0.2) is 11.8 Å².